The summed E-state index contributed by atoms with van der Waals surface area (Å²) in [6.45, 7) is 4.56. The van der Waals surface area contributed by atoms with Gasteiger partial charge in [-0.05, 0) is 6.92 Å². The summed E-state index contributed by atoms with van der Waals surface area (Å²) in [6, 6.07) is -0.817. The zero-order valence-electron chi connectivity index (χ0n) is 5.18. The minimum atomic E-state index is -0.817. The molecule has 9 heavy (non-hydrogen) atoms. The van der Waals surface area contributed by atoms with Gasteiger partial charge in [0.1, 0.15) is 6.04 Å². The van der Waals surface area contributed by atoms with E-state index in [1.54, 1.807) is 0 Å². The molecule has 0 saturated carbocycles. The second kappa shape index (κ2) is 3.06. The van der Waals surface area contributed by atoms with E-state index in [0.29, 0.717) is 0 Å². The van der Waals surface area contributed by atoms with Gasteiger partial charge in [-0.25, -0.2) is 0 Å². The van der Waals surface area contributed by atoms with Crippen molar-refractivity contribution >= 4 is 11.8 Å². The molecule has 1 unspecified atom stereocenters. The Hall–Kier alpha value is -1.06. The van der Waals surface area contributed by atoms with Crippen molar-refractivity contribution in [1.82, 2.24) is 5.32 Å². The smallest absolute Gasteiger partial charge is 0.240 e. The summed E-state index contributed by atoms with van der Waals surface area (Å²) in [5.74, 6) is -0.945. The highest BCUT2D eigenvalue weighted by molar-refractivity contribution is 5.86. The maximum Gasteiger partial charge on any atom is 0.240 e. The molecule has 0 bridgehead atoms. The molecular formula is C5H9N2O2. The number of carbonyl (C=O) groups excluding carboxylic acids is 2. The Morgan fingerprint density at radius 1 is 1.67 bits per heavy atom. The summed E-state index contributed by atoms with van der Waals surface area (Å²) in [6.07, 6.45) is 0. The Labute approximate surface area is 53.4 Å². The molecule has 0 fully saturated rings. The predicted molar refractivity (Wildman–Crippen MR) is 32.2 cm³/mol. The van der Waals surface area contributed by atoms with Gasteiger partial charge < -0.3 is 11.1 Å². The topological polar surface area (TPSA) is 72.2 Å². The summed E-state index contributed by atoms with van der Waals surface area (Å²) in [4.78, 5) is 20.4. The zero-order chi connectivity index (χ0) is 7.44. The van der Waals surface area contributed by atoms with Gasteiger partial charge in [0.25, 0.3) is 0 Å². The average Bonchev–Trinajstić information content (AvgIpc) is 1.63. The van der Waals surface area contributed by atoms with E-state index in [0.717, 1.165) is 0 Å². The summed E-state index contributed by atoms with van der Waals surface area (Å²) in [5, 5.41) is 2.22. The first-order valence-electron chi connectivity index (χ1n) is 2.43. The third-order valence-corrected chi connectivity index (χ3v) is 0.721. The lowest BCUT2D eigenvalue weighted by molar-refractivity contribution is -0.125. The van der Waals surface area contributed by atoms with Crippen molar-refractivity contribution in [2.75, 3.05) is 0 Å². The monoisotopic (exact) mass is 129 g/mol. The Balaban J connectivity index is 3.63. The third-order valence-electron chi connectivity index (χ3n) is 0.721. The van der Waals surface area contributed by atoms with E-state index in [1.165, 1.54) is 6.92 Å². The molecule has 51 valence electrons. The van der Waals surface area contributed by atoms with Crippen LogP contribution in [0.15, 0.2) is 0 Å². The summed E-state index contributed by atoms with van der Waals surface area (Å²) in [7, 11) is 0. The van der Waals surface area contributed by atoms with Crippen molar-refractivity contribution in [3.8, 4) is 0 Å². The molecule has 4 heteroatoms. The molecule has 0 heterocycles. The highest BCUT2D eigenvalue weighted by Gasteiger charge is 2.07. The number of nitrogens with two attached hydrogens (primary N) is 1. The van der Waals surface area contributed by atoms with E-state index in [4.69, 9.17) is 5.73 Å². The normalized spacial score (nSPS) is 12.2. The molecule has 2 amide bonds. The van der Waals surface area contributed by atoms with Crippen molar-refractivity contribution < 1.29 is 9.59 Å². The molecule has 0 aliphatic heterocycles. The Bertz CT molecular complexity index is 133. The lowest BCUT2D eigenvalue weighted by Gasteiger charge is -2.05. The fourth-order valence-electron chi connectivity index (χ4n) is 0.316. The molecule has 4 nitrogen and oxygen atoms in total. The highest BCUT2D eigenvalue weighted by atomic mass is 16.2. The van der Waals surface area contributed by atoms with Crippen LogP contribution < -0.4 is 11.1 Å². The van der Waals surface area contributed by atoms with Crippen LogP contribution in [-0.4, -0.2) is 17.9 Å². The van der Waals surface area contributed by atoms with E-state index >= 15 is 0 Å². The van der Waals surface area contributed by atoms with Crippen LogP contribution in [0.1, 0.15) is 6.92 Å². The van der Waals surface area contributed by atoms with Crippen molar-refractivity contribution in [2.45, 2.75) is 13.0 Å². The first-order valence-corrected chi connectivity index (χ1v) is 2.43. The van der Waals surface area contributed by atoms with Crippen LogP contribution in [0.4, 0.5) is 0 Å². The van der Waals surface area contributed by atoms with Gasteiger partial charge in [-0.2, -0.15) is 0 Å². The number of primary amides is 1. The SMILES string of the molecule is [CH2]C(NC(C)=O)C(N)=O. The molecule has 0 aromatic rings. The molecule has 0 saturated heterocycles. The molecule has 1 atom stereocenters. The van der Waals surface area contributed by atoms with E-state index < -0.39 is 11.9 Å². The van der Waals surface area contributed by atoms with E-state index in [2.05, 4.69) is 12.2 Å². The van der Waals surface area contributed by atoms with Gasteiger partial charge in [-0.15, -0.1) is 0 Å². The van der Waals surface area contributed by atoms with Gasteiger partial charge >= 0.3 is 0 Å². The molecular weight excluding hydrogens is 120 g/mol. The van der Waals surface area contributed by atoms with E-state index in [1.807, 2.05) is 0 Å². The number of carbonyl (C=O) groups is 2. The summed E-state index contributed by atoms with van der Waals surface area (Å²) in [5.41, 5.74) is 4.77. The molecule has 0 aliphatic rings. The Kier molecular flexibility index (Phi) is 2.70. The second-order valence-electron chi connectivity index (χ2n) is 1.66. The standard InChI is InChI=1S/C5H9N2O2/c1-3(5(6)9)7-4(2)8/h3H,1H2,2H3,(H2,6,9)(H,7,8). The number of rotatable bonds is 2. The minimum absolute atomic E-state index is 0.311. The molecule has 0 aromatic heterocycles. The molecule has 3 N–H and O–H groups in total. The van der Waals surface area contributed by atoms with Crippen LogP contribution in [0, 0.1) is 6.92 Å². The van der Waals surface area contributed by atoms with Crippen LogP contribution in [0.25, 0.3) is 0 Å². The Morgan fingerprint density at radius 3 is 2.22 bits per heavy atom. The van der Waals surface area contributed by atoms with Crippen LogP contribution in [0.3, 0.4) is 0 Å². The first kappa shape index (κ1) is 7.94. The number of amides is 2. The number of nitrogens with one attached hydrogen (secondary N) is 1. The van der Waals surface area contributed by atoms with Gasteiger partial charge in [0.05, 0.1) is 0 Å². The molecule has 0 rings (SSSR count). The fraction of sp³-hybridized carbons (Fsp3) is 0.400. The highest BCUT2D eigenvalue weighted by Crippen LogP contribution is 1.75. The molecule has 0 aromatic carbocycles. The molecule has 1 radical (unpaired) electrons. The first-order chi connectivity index (χ1) is 4.04. The third kappa shape index (κ3) is 3.52. The lowest BCUT2D eigenvalue weighted by atomic mass is 10.3. The second-order valence-corrected chi connectivity index (χ2v) is 1.66. The largest absolute Gasteiger partial charge is 0.368 e. The maximum absolute atomic E-state index is 10.2. The van der Waals surface area contributed by atoms with Crippen LogP contribution >= 0.6 is 0 Å². The van der Waals surface area contributed by atoms with Gasteiger partial charge in [0.15, 0.2) is 0 Å². The summed E-state index contributed by atoms with van der Waals surface area (Å²) < 4.78 is 0. The van der Waals surface area contributed by atoms with Gasteiger partial charge in [-0.3, -0.25) is 9.59 Å². The summed E-state index contributed by atoms with van der Waals surface area (Å²) >= 11 is 0. The van der Waals surface area contributed by atoms with Crippen molar-refractivity contribution in [1.29, 1.82) is 0 Å². The number of hydrogen-bond donors (Lipinski definition) is 2. The van der Waals surface area contributed by atoms with Crippen LogP contribution in [-0.2, 0) is 9.59 Å². The van der Waals surface area contributed by atoms with E-state index in [-0.39, 0.29) is 5.91 Å². The van der Waals surface area contributed by atoms with Gasteiger partial charge in [0.2, 0.25) is 11.8 Å². The van der Waals surface area contributed by atoms with Gasteiger partial charge in [-0.1, -0.05) is 0 Å². The maximum atomic E-state index is 10.2. The zero-order valence-corrected chi connectivity index (χ0v) is 5.18. The predicted octanol–water partition coefficient (Wildman–Crippen LogP) is -1.19. The van der Waals surface area contributed by atoms with Crippen LogP contribution in [0.2, 0.25) is 0 Å². The average molecular weight is 129 g/mol. The van der Waals surface area contributed by atoms with Crippen LogP contribution in [0.5, 0.6) is 0 Å². The molecule has 0 aliphatic carbocycles. The van der Waals surface area contributed by atoms with Crippen molar-refractivity contribution in [3.05, 3.63) is 6.92 Å². The minimum Gasteiger partial charge on any atom is -0.368 e. The molecule has 0 spiro atoms. The Morgan fingerprint density at radius 2 is 2.11 bits per heavy atom. The van der Waals surface area contributed by atoms with Gasteiger partial charge in [0, 0.05) is 6.92 Å². The number of hydrogen-bond acceptors (Lipinski definition) is 2. The van der Waals surface area contributed by atoms with Crippen molar-refractivity contribution in [2.24, 2.45) is 5.73 Å². The van der Waals surface area contributed by atoms with E-state index in [9.17, 15) is 9.59 Å². The van der Waals surface area contributed by atoms with Crippen molar-refractivity contribution in [3.63, 3.8) is 0 Å². The quantitative estimate of drug-likeness (QED) is 0.492. The lowest BCUT2D eigenvalue weighted by Crippen LogP contribution is -2.41. The fourth-order valence-corrected chi connectivity index (χ4v) is 0.316.